The molecule has 1 aliphatic heterocycles. The van der Waals surface area contributed by atoms with E-state index in [1.807, 2.05) is 37.2 Å². The van der Waals surface area contributed by atoms with E-state index >= 15 is 0 Å². The summed E-state index contributed by atoms with van der Waals surface area (Å²) in [6.07, 6.45) is 7.08. The average molecular weight is 486 g/mol. The van der Waals surface area contributed by atoms with Crippen molar-refractivity contribution in [2.75, 3.05) is 33.8 Å². The van der Waals surface area contributed by atoms with Gasteiger partial charge in [-0.3, -0.25) is 9.59 Å². The minimum Gasteiger partial charge on any atom is -0.493 e. The third-order valence-electron chi connectivity index (χ3n) is 6.79. The molecule has 0 bridgehead atoms. The maximum Gasteiger partial charge on any atom is 0.241 e. The summed E-state index contributed by atoms with van der Waals surface area (Å²) in [4.78, 5) is 35.4. The van der Waals surface area contributed by atoms with Gasteiger partial charge in [-0.2, -0.15) is 0 Å². The Labute approximate surface area is 210 Å². The molecule has 3 rings (SSSR count). The Morgan fingerprint density at radius 1 is 1.14 bits per heavy atom. The van der Waals surface area contributed by atoms with Crippen molar-refractivity contribution >= 4 is 23.5 Å². The molecular formula is C27H43N5O3. The average Bonchev–Trinajstić information content (AvgIpc) is 2.81. The summed E-state index contributed by atoms with van der Waals surface area (Å²) in [6, 6.07) is 6.10. The lowest BCUT2D eigenvalue weighted by Gasteiger charge is -2.32. The van der Waals surface area contributed by atoms with Gasteiger partial charge in [-0.25, -0.2) is 4.99 Å². The molecule has 8 heteroatoms. The quantitative estimate of drug-likeness (QED) is 0.536. The Hall–Kier alpha value is -2.77. The number of carbonyl (C=O) groups excluding carboxylic acids is 2. The van der Waals surface area contributed by atoms with Gasteiger partial charge < -0.3 is 25.2 Å². The largest absolute Gasteiger partial charge is 0.493 e. The van der Waals surface area contributed by atoms with Gasteiger partial charge in [0.25, 0.3) is 0 Å². The molecule has 1 aliphatic carbocycles. The van der Waals surface area contributed by atoms with Crippen molar-refractivity contribution in [3.8, 4) is 5.75 Å². The number of ether oxygens (including phenoxy) is 1. The second kappa shape index (κ2) is 11.8. The second-order valence-corrected chi connectivity index (χ2v) is 11.1. The molecule has 0 unspecified atom stereocenters. The molecule has 8 nitrogen and oxygen atoms in total. The molecule has 1 aromatic carbocycles. The van der Waals surface area contributed by atoms with Crippen LogP contribution in [-0.2, 0) is 16.1 Å². The number of guanidine groups is 1. The van der Waals surface area contributed by atoms with Gasteiger partial charge in [-0.05, 0) is 36.8 Å². The molecule has 0 saturated heterocycles. The summed E-state index contributed by atoms with van der Waals surface area (Å²) >= 11 is 0. The number of fused-ring (bicyclic) bond motifs is 1. The highest BCUT2D eigenvalue weighted by Crippen LogP contribution is 2.33. The summed E-state index contributed by atoms with van der Waals surface area (Å²) in [5.74, 6) is 1.26. The Balaban J connectivity index is 1.54. The van der Waals surface area contributed by atoms with Gasteiger partial charge in [-0.15, -0.1) is 0 Å². The number of nitrogens with two attached hydrogens (primary N) is 1. The third kappa shape index (κ3) is 7.61. The predicted octanol–water partition coefficient (Wildman–Crippen LogP) is 3.90. The Bertz CT molecular complexity index is 918. The molecule has 1 aromatic rings. The highest BCUT2D eigenvalue weighted by Gasteiger charge is 2.26. The van der Waals surface area contributed by atoms with Crippen molar-refractivity contribution in [1.82, 2.24) is 14.7 Å². The first-order valence-electron chi connectivity index (χ1n) is 12.9. The molecule has 2 N–H and O–H groups in total. The maximum absolute atomic E-state index is 12.8. The Morgan fingerprint density at radius 3 is 2.54 bits per heavy atom. The zero-order valence-electron chi connectivity index (χ0n) is 22.2. The number of rotatable bonds is 9. The first kappa shape index (κ1) is 26.8. The zero-order chi connectivity index (χ0) is 25.6. The van der Waals surface area contributed by atoms with Crippen LogP contribution >= 0.6 is 0 Å². The van der Waals surface area contributed by atoms with Crippen LogP contribution < -0.4 is 10.5 Å². The Morgan fingerprint density at radius 2 is 1.86 bits per heavy atom. The fraction of sp³-hybridized carbons (Fsp3) is 0.667. The number of nitrogens with zero attached hydrogens (tertiary/aromatic N) is 4. The van der Waals surface area contributed by atoms with Crippen LogP contribution in [0, 0.1) is 5.41 Å². The van der Waals surface area contributed by atoms with Crippen molar-refractivity contribution < 1.29 is 14.3 Å². The molecule has 35 heavy (non-hydrogen) atoms. The normalized spacial score (nSPS) is 16.4. The molecule has 0 spiro atoms. The smallest absolute Gasteiger partial charge is 0.241 e. The minimum atomic E-state index is 0.000484. The first-order chi connectivity index (χ1) is 16.5. The highest BCUT2D eigenvalue weighted by molar-refractivity contribution is 5.89. The van der Waals surface area contributed by atoms with Crippen LogP contribution in [0.1, 0.15) is 71.3 Å². The number of likely N-dealkylation sites (N-methyl/N-ethyl adjacent to an activating group) is 1. The number of hydrogen-bond donors (Lipinski definition) is 1. The van der Waals surface area contributed by atoms with Gasteiger partial charge >= 0.3 is 0 Å². The van der Waals surface area contributed by atoms with Crippen LogP contribution in [0.4, 0.5) is 5.69 Å². The molecule has 1 fully saturated rings. The van der Waals surface area contributed by atoms with E-state index in [9.17, 15) is 9.59 Å². The maximum atomic E-state index is 12.8. The van der Waals surface area contributed by atoms with E-state index in [-0.39, 0.29) is 23.8 Å². The number of carbonyl (C=O) groups is 2. The molecule has 2 aliphatic rings. The number of amides is 2. The van der Waals surface area contributed by atoms with Gasteiger partial charge in [0.2, 0.25) is 11.8 Å². The minimum absolute atomic E-state index is 0.000484. The van der Waals surface area contributed by atoms with Gasteiger partial charge in [-0.1, -0.05) is 46.1 Å². The van der Waals surface area contributed by atoms with Crippen LogP contribution in [0.25, 0.3) is 0 Å². The third-order valence-corrected chi connectivity index (χ3v) is 6.79. The van der Waals surface area contributed by atoms with Crippen molar-refractivity contribution in [3.63, 3.8) is 0 Å². The SMILES string of the molecule is CN(CC(C)(C)C)C(=O)CN1Cc2c(cccc2OCCCC(=O)N(C)C2CCCCC2)N=C1N. The number of hydrogen-bond acceptors (Lipinski definition) is 6. The summed E-state index contributed by atoms with van der Waals surface area (Å²) in [7, 11) is 3.75. The summed E-state index contributed by atoms with van der Waals surface area (Å²) in [5.41, 5.74) is 7.89. The molecule has 0 atom stereocenters. The molecule has 0 aromatic heterocycles. The molecule has 2 amide bonds. The van der Waals surface area contributed by atoms with Crippen LogP contribution in [-0.4, -0.2) is 72.3 Å². The van der Waals surface area contributed by atoms with Crippen molar-refractivity contribution in [2.45, 2.75) is 78.3 Å². The first-order valence-corrected chi connectivity index (χ1v) is 12.9. The second-order valence-electron chi connectivity index (χ2n) is 11.1. The summed E-state index contributed by atoms with van der Waals surface area (Å²) in [6.45, 7) is 8.05. The lowest BCUT2D eigenvalue weighted by molar-refractivity contribution is -0.133. The van der Waals surface area contributed by atoms with Gasteiger partial charge in [0.05, 0.1) is 18.8 Å². The van der Waals surface area contributed by atoms with Crippen molar-refractivity contribution in [3.05, 3.63) is 23.8 Å². The lowest BCUT2D eigenvalue weighted by atomic mass is 9.94. The number of benzene rings is 1. The number of aliphatic imine (C=N–C) groups is 1. The van der Waals surface area contributed by atoms with E-state index in [1.165, 1.54) is 19.3 Å². The fourth-order valence-electron chi connectivity index (χ4n) is 4.89. The molecular weight excluding hydrogens is 442 g/mol. The predicted molar refractivity (Wildman–Crippen MR) is 140 cm³/mol. The summed E-state index contributed by atoms with van der Waals surface area (Å²) in [5, 5.41) is 0. The lowest BCUT2D eigenvalue weighted by Crippen LogP contribution is -2.46. The van der Waals surface area contributed by atoms with E-state index in [2.05, 4.69) is 25.8 Å². The van der Waals surface area contributed by atoms with Crippen LogP contribution in [0.5, 0.6) is 5.75 Å². The van der Waals surface area contributed by atoms with Gasteiger partial charge in [0, 0.05) is 38.7 Å². The van der Waals surface area contributed by atoms with E-state index in [1.54, 1.807) is 9.80 Å². The standard InChI is InChI=1S/C27H43N5O3/c1-27(2,3)19-30(4)25(34)18-32-17-21-22(29-26(32)28)13-9-14-23(21)35-16-10-15-24(33)31(5)20-11-7-6-8-12-20/h9,13-14,20H,6-8,10-12,15-19H2,1-5H3,(H2,28,29). The zero-order valence-corrected chi connectivity index (χ0v) is 22.2. The monoisotopic (exact) mass is 485 g/mol. The fourth-order valence-corrected chi connectivity index (χ4v) is 4.89. The molecule has 194 valence electrons. The van der Waals surface area contributed by atoms with E-state index in [4.69, 9.17) is 10.5 Å². The van der Waals surface area contributed by atoms with E-state index in [0.29, 0.717) is 44.5 Å². The van der Waals surface area contributed by atoms with Crippen LogP contribution in [0.2, 0.25) is 0 Å². The summed E-state index contributed by atoms with van der Waals surface area (Å²) < 4.78 is 6.08. The van der Waals surface area contributed by atoms with Gasteiger partial charge in [0.1, 0.15) is 12.3 Å². The highest BCUT2D eigenvalue weighted by atomic mass is 16.5. The molecule has 1 heterocycles. The topological polar surface area (TPSA) is 91.5 Å². The van der Waals surface area contributed by atoms with E-state index < -0.39 is 0 Å². The molecule has 0 radical (unpaired) electrons. The van der Waals surface area contributed by atoms with Gasteiger partial charge in [0.15, 0.2) is 5.96 Å². The van der Waals surface area contributed by atoms with Crippen molar-refractivity contribution in [1.29, 1.82) is 0 Å². The van der Waals surface area contributed by atoms with Crippen molar-refractivity contribution in [2.24, 2.45) is 16.1 Å². The molecule has 1 saturated carbocycles. The van der Waals surface area contributed by atoms with Crippen LogP contribution in [0.15, 0.2) is 23.2 Å². The van der Waals surface area contributed by atoms with Crippen LogP contribution in [0.3, 0.4) is 0 Å². The van der Waals surface area contributed by atoms with E-state index in [0.717, 1.165) is 29.8 Å². The Kier molecular flexibility index (Phi) is 9.03.